The van der Waals surface area contributed by atoms with E-state index in [0.717, 1.165) is 31.4 Å². The molecule has 1 fully saturated rings. The molecule has 116 valence electrons. The van der Waals surface area contributed by atoms with Gasteiger partial charge in [0.2, 0.25) is 0 Å². The van der Waals surface area contributed by atoms with Crippen LogP contribution < -0.4 is 10.9 Å². The van der Waals surface area contributed by atoms with Crippen LogP contribution in [0.25, 0.3) is 10.9 Å². The molecule has 1 aromatic carbocycles. The van der Waals surface area contributed by atoms with Crippen LogP contribution in [0.4, 0.5) is 0 Å². The number of rotatable bonds is 1. The third-order valence-electron chi connectivity index (χ3n) is 3.39. The summed E-state index contributed by atoms with van der Waals surface area (Å²) in [5.74, 6) is 0. The highest BCUT2D eigenvalue weighted by molar-refractivity contribution is 5.76. The molecule has 1 aliphatic rings. The van der Waals surface area contributed by atoms with Crippen molar-refractivity contribution in [2.75, 3.05) is 13.1 Å². The van der Waals surface area contributed by atoms with Gasteiger partial charge in [-0.15, -0.1) is 0 Å². The maximum absolute atomic E-state index is 12.3. The standard InChI is InChI=1S/C13H15N3O.2C2H6/c17-13-11-3-1-2-4-12(11)15-9-16(13)10-5-7-14-8-6-10;2*1-2/h1-4,9-10,14H,5-8H2;2*1-2H3. The highest BCUT2D eigenvalue weighted by atomic mass is 16.1. The summed E-state index contributed by atoms with van der Waals surface area (Å²) in [5, 5.41) is 4.02. The summed E-state index contributed by atoms with van der Waals surface area (Å²) in [6, 6.07) is 7.81. The van der Waals surface area contributed by atoms with E-state index in [9.17, 15) is 4.79 Å². The Balaban J connectivity index is 0.000000510. The van der Waals surface area contributed by atoms with Gasteiger partial charge in [-0.25, -0.2) is 4.98 Å². The van der Waals surface area contributed by atoms with Crippen molar-refractivity contribution in [3.63, 3.8) is 0 Å². The number of benzene rings is 1. The average molecular weight is 289 g/mol. The van der Waals surface area contributed by atoms with Gasteiger partial charge in [0, 0.05) is 6.04 Å². The molecule has 2 heterocycles. The van der Waals surface area contributed by atoms with Gasteiger partial charge in [0.05, 0.1) is 17.2 Å². The van der Waals surface area contributed by atoms with Crippen LogP contribution in [0.15, 0.2) is 35.4 Å². The molecular formula is C17H27N3O. The molecule has 1 aliphatic heterocycles. The molecule has 4 heteroatoms. The van der Waals surface area contributed by atoms with Gasteiger partial charge >= 0.3 is 0 Å². The van der Waals surface area contributed by atoms with Gasteiger partial charge in [0.1, 0.15) is 0 Å². The number of nitrogens with zero attached hydrogens (tertiary/aromatic N) is 2. The first-order valence-electron chi connectivity index (χ1n) is 8.03. The number of hydrogen-bond donors (Lipinski definition) is 1. The molecule has 3 rings (SSSR count). The quantitative estimate of drug-likeness (QED) is 0.875. The van der Waals surface area contributed by atoms with E-state index in [1.807, 2.05) is 52.0 Å². The lowest BCUT2D eigenvalue weighted by Crippen LogP contribution is -2.34. The highest BCUT2D eigenvalue weighted by Crippen LogP contribution is 2.17. The minimum Gasteiger partial charge on any atom is -0.317 e. The van der Waals surface area contributed by atoms with Crippen LogP contribution in [0.1, 0.15) is 46.6 Å². The number of piperidine rings is 1. The Morgan fingerprint density at radius 2 is 1.71 bits per heavy atom. The number of aromatic nitrogens is 2. The fraction of sp³-hybridized carbons (Fsp3) is 0.529. The Morgan fingerprint density at radius 3 is 2.38 bits per heavy atom. The van der Waals surface area contributed by atoms with E-state index in [1.165, 1.54) is 0 Å². The van der Waals surface area contributed by atoms with Crippen LogP contribution in [0.5, 0.6) is 0 Å². The van der Waals surface area contributed by atoms with Gasteiger partial charge in [-0.05, 0) is 38.1 Å². The molecule has 2 aromatic rings. The van der Waals surface area contributed by atoms with Crippen molar-refractivity contribution >= 4 is 10.9 Å². The van der Waals surface area contributed by atoms with E-state index in [2.05, 4.69) is 10.3 Å². The molecule has 0 bridgehead atoms. The first-order valence-corrected chi connectivity index (χ1v) is 8.03. The van der Waals surface area contributed by atoms with Gasteiger partial charge in [-0.2, -0.15) is 0 Å². The highest BCUT2D eigenvalue weighted by Gasteiger charge is 2.16. The lowest BCUT2D eigenvalue weighted by atomic mass is 10.1. The van der Waals surface area contributed by atoms with Crippen molar-refractivity contribution in [3.05, 3.63) is 40.9 Å². The Labute approximate surface area is 127 Å². The number of fused-ring (bicyclic) bond motifs is 1. The van der Waals surface area contributed by atoms with Crippen LogP contribution in [-0.2, 0) is 0 Å². The largest absolute Gasteiger partial charge is 0.317 e. The summed E-state index contributed by atoms with van der Waals surface area (Å²) < 4.78 is 1.79. The van der Waals surface area contributed by atoms with E-state index in [1.54, 1.807) is 10.9 Å². The van der Waals surface area contributed by atoms with E-state index < -0.39 is 0 Å². The second-order valence-corrected chi connectivity index (χ2v) is 4.46. The zero-order valence-electron chi connectivity index (χ0n) is 13.6. The number of nitrogens with one attached hydrogen (secondary N) is 1. The molecular weight excluding hydrogens is 262 g/mol. The molecule has 1 aromatic heterocycles. The second kappa shape index (κ2) is 9.29. The van der Waals surface area contributed by atoms with Gasteiger partial charge in [0.25, 0.3) is 5.56 Å². The number of para-hydroxylation sites is 1. The fourth-order valence-electron chi connectivity index (χ4n) is 2.43. The normalized spacial score (nSPS) is 14.7. The average Bonchev–Trinajstić information content (AvgIpc) is 2.60. The fourth-order valence-corrected chi connectivity index (χ4v) is 2.43. The smallest absolute Gasteiger partial charge is 0.261 e. The third kappa shape index (κ3) is 4.14. The molecule has 0 radical (unpaired) electrons. The molecule has 0 saturated carbocycles. The lowest BCUT2D eigenvalue weighted by Gasteiger charge is -2.24. The Kier molecular flexibility index (Phi) is 7.69. The first-order chi connectivity index (χ1) is 10.4. The Hall–Kier alpha value is -1.68. The number of hydrogen-bond acceptors (Lipinski definition) is 3. The van der Waals surface area contributed by atoms with E-state index in [-0.39, 0.29) is 5.56 Å². The van der Waals surface area contributed by atoms with Gasteiger partial charge < -0.3 is 5.32 Å². The van der Waals surface area contributed by atoms with Crippen molar-refractivity contribution in [2.45, 2.75) is 46.6 Å². The molecule has 1 N–H and O–H groups in total. The summed E-state index contributed by atoms with van der Waals surface area (Å²) >= 11 is 0. The van der Waals surface area contributed by atoms with Crippen molar-refractivity contribution in [1.29, 1.82) is 0 Å². The predicted molar refractivity (Wildman–Crippen MR) is 89.8 cm³/mol. The van der Waals surface area contributed by atoms with Crippen molar-refractivity contribution in [1.82, 2.24) is 14.9 Å². The monoisotopic (exact) mass is 289 g/mol. The molecule has 0 unspecified atom stereocenters. The van der Waals surface area contributed by atoms with E-state index in [4.69, 9.17) is 0 Å². The van der Waals surface area contributed by atoms with Crippen molar-refractivity contribution in [3.8, 4) is 0 Å². The molecule has 4 nitrogen and oxygen atoms in total. The topological polar surface area (TPSA) is 46.9 Å². The summed E-state index contributed by atoms with van der Waals surface area (Å²) in [5.41, 5.74) is 0.866. The molecule has 1 saturated heterocycles. The predicted octanol–water partition coefficient (Wildman–Crippen LogP) is 3.37. The van der Waals surface area contributed by atoms with Gasteiger partial charge in [0.15, 0.2) is 0 Å². The maximum atomic E-state index is 12.3. The lowest BCUT2D eigenvalue weighted by molar-refractivity contribution is 0.359. The first kappa shape index (κ1) is 17.4. The van der Waals surface area contributed by atoms with Gasteiger partial charge in [-0.1, -0.05) is 39.8 Å². The van der Waals surface area contributed by atoms with Gasteiger partial charge in [-0.3, -0.25) is 9.36 Å². The van der Waals surface area contributed by atoms with Crippen LogP contribution in [-0.4, -0.2) is 22.6 Å². The summed E-state index contributed by atoms with van der Waals surface area (Å²) in [4.78, 5) is 16.7. The zero-order chi connectivity index (χ0) is 15.7. The minimum atomic E-state index is 0.0856. The Morgan fingerprint density at radius 1 is 1.10 bits per heavy atom. The summed E-state index contributed by atoms with van der Waals surface area (Å²) in [6.45, 7) is 9.95. The summed E-state index contributed by atoms with van der Waals surface area (Å²) in [6.07, 6.45) is 3.69. The molecule has 0 atom stereocenters. The molecule has 0 spiro atoms. The minimum absolute atomic E-state index is 0.0856. The van der Waals surface area contributed by atoms with Crippen LogP contribution >= 0.6 is 0 Å². The Bertz CT molecular complexity index is 586. The van der Waals surface area contributed by atoms with Crippen molar-refractivity contribution < 1.29 is 0 Å². The second-order valence-electron chi connectivity index (χ2n) is 4.46. The summed E-state index contributed by atoms with van der Waals surface area (Å²) in [7, 11) is 0. The zero-order valence-corrected chi connectivity index (χ0v) is 13.6. The van der Waals surface area contributed by atoms with E-state index >= 15 is 0 Å². The van der Waals surface area contributed by atoms with E-state index in [0.29, 0.717) is 11.4 Å². The van der Waals surface area contributed by atoms with Crippen LogP contribution in [0.3, 0.4) is 0 Å². The SMILES string of the molecule is CC.CC.O=c1c2ccccc2ncn1C1CCNCC1. The maximum Gasteiger partial charge on any atom is 0.261 e. The molecule has 0 amide bonds. The van der Waals surface area contributed by atoms with Crippen molar-refractivity contribution in [2.24, 2.45) is 0 Å². The third-order valence-corrected chi connectivity index (χ3v) is 3.39. The molecule has 0 aliphatic carbocycles. The van der Waals surface area contributed by atoms with Crippen LogP contribution in [0.2, 0.25) is 0 Å². The molecule has 21 heavy (non-hydrogen) atoms. The van der Waals surface area contributed by atoms with Crippen LogP contribution in [0, 0.1) is 0 Å².